The highest BCUT2D eigenvalue weighted by molar-refractivity contribution is 6.32. The zero-order valence-corrected chi connectivity index (χ0v) is 12.1. The van der Waals surface area contributed by atoms with Crippen LogP contribution in [-0.4, -0.2) is 24.4 Å². The van der Waals surface area contributed by atoms with Crippen molar-refractivity contribution < 1.29 is 18.7 Å². The molecule has 21 heavy (non-hydrogen) atoms. The van der Waals surface area contributed by atoms with E-state index in [1.807, 2.05) is 0 Å². The monoisotopic (exact) mass is 309 g/mol. The summed E-state index contributed by atoms with van der Waals surface area (Å²) in [7, 11) is 1.19. The molecule has 1 N–H and O–H groups in total. The normalized spacial score (nSPS) is 12.0. The van der Waals surface area contributed by atoms with Crippen molar-refractivity contribution >= 4 is 40.1 Å². The Hall–Kier alpha value is -2.34. The molecule has 0 radical (unpaired) electrons. The second-order valence-corrected chi connectivity index (χ2v) is 4.94. The van der Waals surface area contributed by atoms with Crippen molar-refractivity contribution in [1.29, 1.82) is 0 Å². The van der Waals surface area contributed by atoms with Gasteiger partial charge in [-0.2, -0.15) is 0 Å². The molecule has 2 rings (SSSR count). The number of rotatable bonds is 3. The summed E-state index contributed by atoms with van der Waals surface area (Å²) in [6.45, 7) is 1.54. The fraction of sp³-hybridized carbons (Fsp3) is 0.214. The van der Waals surface area contributed by atoms with Crippen molar-refractivity contribution in [3.8, 4) is 0 Å². The predicted molar refractivity (Wildman–Crippen MR) is 77.8 cm³/mol. The quantitative estimate of drug-likeness (QED) is 0.693. The number of carbonyl (C=O) groups excluding carboxylic acids is 2. The number of nitrogens with one attached hydrogen (secondary N) is 1. The molecule has 0 saturated carbocycles. The summed E-state index contributed by atoms with van der Waals surface area (Å²) in [6, 6.07) is 5.53. The number of alkyl halides is 1. The second-order valence-electron chi connectivity index (χ2n) is 4.28. The molecular weight excluding hydrogens is 298 g/mol. The first-order chi connectivity index (χ1) is 9.92. The average molecular weight is 310 g/mol. The van der Waals surface area contributed by atoms with Gasteiger partial charge in [-0.1, -0.05) is 0 Å². The molecule has 0 bridgehead atoms. The van der Waals surface area contributed by atoms with Crippen molar-refractivity contribution in [2.45, 2.75) is 12.3 Å². The second kappa shape index (κ2) is 5.97. The number of hydrogen-bond acceptors (Lipinski definition) is 5. The summed E-state index contributed by atoms with van der Waals surface area (Å²) in [4.78, 5) is 34.9. The standard InChI is InChI=1S/C14H12ClNO5/c1-7(15)13(18)16-8-3-4-11-9(5-8)10(17)6-12(21-11)14(19)20-2/h3-7H,1-2H3,(H,16,18). The first-order valence-electron chi connectivity index (χ1n) is 6.03. The van der Waals surface area contributed by atoms with E-state index in [0.29, 0.717) is 5.69 Å². The molecule has 7 heteroatoms. The van der Waals surface area contributed by atoms with Gasteiger partial charge in [0.25, 0.3) is 0 Å². The third-order valence-electron chi connectivity index (χ3n) is 2.74. The van der Waals surface area contributed by atoms with Gasteiger partial charge in [0.05, 0.1) is 12.5 Å². The molecule has 110 valence electrons. The molecule has 0 fully saturated rings. The summed E-state index contributed by atoms with van der Waals surface area (Å²) >= 11 is 5.66. The van der Waals surface area contributed by atoms with Crippen LogP contribution >= 0.6 is 11.6 Å². The Labute approximate surface area is 124 Å². The van der Waals surface area contributed by atoms with E-state index in [4.69, 9.17) is 16.0 Å². The fourth-order valence-corrected chi connectivity index (χ4v) is 1.73. The van der Waals surface area contributed by atoms with Gasteiger partial charge in [-0.3, -0.25) is 9.59 Å². The van der Waals surface area contributed by atoms with Crippen LogP contribution in [0.5, 0.6) is 0 Å². The number of anilines is 1. The Morgan fingerprint density at radius 2 is 2.05 bits per heavy atom. The Balaban J connectivity index is 2.45. The first kappa shape index (κ1) is 15.1. The lowest BCUT2D eigenvalue weighted by molar-refractivity contribution is -0.115. The van der Waals surface area contributed by atoms with Crippen LogP contribution in [-0.2, 0) is 9.53 Å². The van der Waals surface area contributed by atoms with E-state index in [2.05, 4.69) is 10.1 Å². The highest BCUT2D eigenvalue weighted by Crippen LogP contribution is 2.18. The number of carbonyl (C=O) groups is 2. The van der Waals surface area contributed by atoms with Gasteiger partial charge < -0.3 is 14.5 Å². The maximum atomic E-state index is 12.0. The lowest BCUT2D eigenvalue weighted by Gasteiger charge is -2.07. The van der Waals surface area contributed by atoms with Crippen LogP contribution in [0.1, 0.15) is 17.5 Å². The molecule has 0 aliphatic carbocycles. The van der Waals surface area contributed by atoms with Gasteiger partial charge in [0.15, 0.2) is 5.43 Å². The summed E-state index contributed by atoms with van der Waals surface area (Å²) in [5.74, 6) is -1.30. The van der Waals surface area contributed by atoms with Gasteiger partial charge >= 0.3 is 5.97 Å². The van der Waals surface area contributed by atoms with Crippen molar-refractivity contribution in [3.05, 3.63) is 40.2 Å². The minimum atomic E-state index is -0.734. The average Bonchev–Trinajstić information content (AvgIpc) is 2.46. The van der Waals surface area contributed by atoms with Gasteiger partial charge in [0, 0.05) is 11.8 Å². The molecule has 0 saturated heterocycles. The first-order valence-corrected chi connectivity index (χ1v) is 6.47. The van der Waals surface area contributed by atoms with Gasteiger partial charge in [-0.15, -0.1) is 11.6 Å². The van der Waals surface area contributed by atoms with E-state index in [-0.39, 0.29) is 22.6 Å². The molecular formula is C14H12ClNO5. The third kappa shape index (κ3) is 3.22. The molecule has 2 aromatic rings. The third-order valence-corrected chi connectivity index (χ3v) is 2.94. The molecule has 6 nitrogen and oxygen atoms in total. The number of benzene rings is 1. The molecule has 1 heterocycles. The smallest absolute Gasteiger partial charge is 0.374 e. The van der Waals surface area contributed by atoms with Crippen LogP contribution in [0.2, 0.25) is 0 Å². The van der Waals surface area contributed by atoms with Crippen LogP contribution in [0.3, 0.4) is 0 Å². The summed E-state index contributed by atoms with van der Waals surface area (Å²) in [5, 5.41) is 2.11. The van der Waals surface area contributed by atoms with E-state index in [0.717, 1.165) is 6.07 Å². The Kier molecular flexibility index (Phi) is 4.28. The SMILES string of the molecule is COC(=O)c1cc(=O)c2cc(NC(=O)C(C)Cl)ccc2o1. The lowest BCUT2D eigenvalue weighted by Crippen LogP contribution is -2.20. The van der Waals surface area contributed by atoms with Crippen LogP contribution in [0.15, 0.2) is 33.5 Å². The van der Waals surface area contributed by atoms with Crippen molar-refractivity contribution in [3.63, 3.8) is 0 Å². The molecule has 1 atom stereocenters. The van der Waals surface area contributed by atoms with Gasteiger partial charge in [0.1, 0.15) is 11.0 Å². The molecule has 1 unspecified atom stereocenters. The van der Waals surface area contributed by atoms with Crippen molar-refractivity contribution in [2.24, 2.45) is 0 Å². The Morgan fingerprint density at radius 1 is 1.33 bits per heavy atom. The molecule has 1 aromatic carbocycles. The fourth-order valence-electron chi connectivity index (χ4n) is 1.68. The Bertz CT molecular complexity index is 766. The minimum absolute atomic E-state index is 0.179. The minimum Gasteiger partial charge on any atom is -0.463 e. The topological polar surface area (TPSA) is 85.6 Å². The maximum Gasteiger partial charge on any atom is 0.374 e. The van der Waals surface area contributed by atoms with Crippen molar-refractivity contribution in [2.75, 3.05) is 12.4 Å². The molecule has 0 aliphatic rings. The van der Waals surface area contributed by atoms with Crippen LogP contribution in [0.25, 0.3) is 11.0 Å². The highest BCUT2D eigenvalue weighted by Gasteiger charge is 2.14. The number of fused-ring (bicyclic) bond motifs is 1. The van der Waals surface area contributed by atoms with E-state index in [1.165, 1.54) is 26.2 Å². The van der Waals surface area contributed by atoms with E-state index in [9.17, 15) is 14.4 Å². The lowest BCUT2D eigenvalue weighted by atomic mass is 10.2. The number of amides is 1. The van der Waals surface area contributed by atoms with Crippen LogP contribution in [0.4, 0.5) is 5.69 Å². The molecule has 0 spiro atoms. The van der Waals surface area contributed by atoms with E-state index >= 15 is 0 Å². The predicted octanol–water partition coefficient (Wildman–Crippen LogP) is 2.15. The van der Waals surface area contributed by atoms with E-state index < -0.39 is 16.8 Å². The number of methoxy groups -OCH3 is 1. The summed E-state index contributed by atoms with van der Waals surface area (Å²) < 4.78 is 9.79. The van der Waals surface area contributed by atoms with Crippen LogP contribution < -0.4 is 10.7 Å². The maximum absolute atomic E-state index is 12.0. The largest absolute Gasteiger partial charge is 0.463 e. The molecule has 0 aliphatic heterocycles. The van der Waals surface area contributed by atoms with E-state index in [1.54, 1.807) is 6.07 Å². The van der Waals surface area contributed by atoms with Gasteiger partial charge in [-0.05, 0) is 25.1 Å². The van der Waals surface area contributed by atoms with Crippen molar-refractivity contribution in [1.82, 2.24) is 0 Å². The Morgan fingerprint density at radius 3 is 2.67 bits per heavy atom. The zero-order chi connectivity index (χ0) is 15.6. The number of halogens is 1. The van der Waals surface area contributed by atoms with Gasteiger partial charge in [0.2, 0.25) is 11.7 Å². The summed E-state index contributed by atoms with van der Waals surface area (Å²) in [5.41, 5.74) is 0.226. The van der Waals surface area contributed by atoms with Gasteiger partial charge in [-0.25, -0.2) is 4.79 Å². The van der Waals surface area contributed by atoms with Crippen LogP contribution in [0, 0.1) is 0 Å². The summed E-state index contributed by atoms with van der Waals surface area (Å²) in [6.07, 6.45) is 0. The zero-order valence-electron chi connectivity index (χ0n) is 11.3. The molecule has 1 amide bonds. The number of ether oxygens (including phenoxy) is 1. The number of hydrogen-bond donors (Lipinski definition) is 1. The highest BCUT2D eigenvalue weighted by atomic mass is 35.5. The molecule has 1 aromatic heterocycles. The number of esters is 1.